The second-order valence-corrected chi connectivity index (χ2v) is 4.91. The fourth-order valence-corrected chi connectivity index (χ4v) is 2.39. The van der Waals surface area contributed by atoms with Crippen LogP contribution >= 0.6 is 11.6 Å². The topological polar surface area (TPSA) is 77.4 Å². The summed E-state index contributed by atoms with van der Waals surface area (Å²) in [7, 11) is 0. The Labute approximate surface area is 121 Å². The molecule has 7 heteroatoms. The molecule has 1 fully saturated rings. The van der Waals surface area contributed by atoms with Crippen LogP contribution < -0.4 is 10.6 Å². The Morgan fingerprint density at radius 3 is 2.80 bits per heavy atom. The predicted molar refractivity (Wildman–Crippen MR) is 75.7 cm³/mol. The van der Waals surface area contributed by atoms with Crippen molar-refractivity contribution in [3.63, 3.8) is 0 Å². The van der Waals surface area contributed by atoms with E-state index in [9.17, 15) is 0 Å². The maximum absolute atomic E-state index is 6.09. The maximum Gasteiger partial charge on any atom is 0.240 e. The number of hydrogen-bond donors (Lipinski definition) is 1. The van der Waals surface area contributed by atoms with Crippen molar-refractivity contribution in [2.24, 2.45) is 5.73 Å². The molecule has 0 radical (unpaired) electrons. The number of benzene rings is 1. The first-order chi connectivity index (χ1) is 9.78. The number of rotatable bonds is 3. The minimum Gasteiger partial charge on any atom is -0.378 e. The zero-order chi connectivity index (χ0) is 13.9. The first-order valence-corrected chi connectivity index (χ1v) is 6.81. The lowest BCUT2D eigenvalue weighted by Gasteiger charge is -2.30. The third-order valence-corrected chi connectivity index (χ3v) is 3.43. The third kappa shape index (κ3) is 2.63. The van der Waals surface area contributed by atoms with Gasteiger partial charge >= 0.3 is 0 Å². The predicted octanol–water partition coefficient (Wildman–Crippen LogP) is 1.69. The van der Waals surface area contributed by atoms with Crippen LogP contribution in [0.25, 0.3) is 11.4 Å². The molecule has 0 atom stereocenters. The lowest BCUT2D eigenvalue weighted by Crippen LogP contribution is -2.36. The highest BCUT2D eigenvalue weighted by molar-refractivity contribution is 6.31. The fourth-order valence-electron chi connectivity index (χ4n) is 2.21. The van der Waals surface area contributed by atoms with E-state index in [0.717, 1.165) is 24.3 Å². The van der Waals surface area contributed by atoms with Crippen LogP contribution in [0.15, 0.2) is 22.7 Å². The van der Waals surface area contributed by atoms with Crippen LogP contribution in [-0.4, -0.2) is 36.4 Å². The number of aromatic nitrogens is 2. The summed E-state index contributed by atoms with van der Waals surface area (Å²) in [6, 6.07) is 5.68. The van der Waals surface area contributed by atoms with Crippen LogP contribution in [0.1, 0.15) is 5.89 Å². The van der Waals surface area contributed by atoms with E-state index in [-0.39, 0.29) is 6.54 Å². The quantitative estimate of drug-likeness (QED) is 0.928. The SMILES string of the molecule is NCc1nc(-c2cc(Cl)ccc2N2CCOCC2)no1. The molecule has 1 aliphatic rings. The molecule has 0 amide bonds. The molecule has 0 aliphatic carbocycles. The van der Waals surface area contributed by atoms with Gasteiger partial charge in [0.05, 0.1) is 19.8 Å². The van der Waals surface area contributed by atoms with E-state index < -0.39 is 0 Å². The van der Waals surface area contributed by atoms with Crippen LogP contribution in [0, 0.1) is 0 Å². The van der Waals surface area contributed by atoms with Gasteiger partial charge in [0.25, 0.3) is 0 Å². The molecule has 3 rings (SSSR count). The highest BCUT2D eigenvalue weighted by atomic mass is 35.5. The molecule has 1 aliphatic heterocycles. The number of nitrogens with zero attached hydrogens (tertiary/aromatic N) is 3. The number of ether oxygens (including phenoxy) is 1. The van der Waals surface area contributed by atoms with Crippen molar-refractivity contribution in [1.82, 2.24) is 10.1 Å². The molecule has 2 aromatic rings. The molecular formula is C13H15ClN4O2. The Morgan fingerprint density at radius 2 is 2.10 bits per heavy atom. The lowest BCUT2D eigenvalue weighted by atomic mass is 10.1. The van der Waals surface area contributed by atoms with Crippen molar-refractivity contribution in [1.29, 1.82) is 0 Å². The van der Waals surface area contributed by atoms with Crippen molar-refractivity contribution in [3.8, 4) is 11.4 Å². The summed E-state index contributed by atoms with van der Waals surface area (Å²) in [4.78, 5) is 6.51. The summed E-state index contributed by atoms with van der Waals surface area (Å²) >= 11 is 6.09. The number of morpholine rings is 1. The van der Waals surface area contributed by atoms with Gasteiger partial charge in [0.2, 0.25) is 11.7 Å². The molecule has 2 heterocycles. The van der Waals surface area contributed by atoms with Crippen LogP contribution in [0.5, 0.6) is 0 Å². The molecule has 1 aromatic carbocycles. The van der Waals surface area contributed by atoms with Crippen LogP contribution in [0.4, 0.5) is 5.69 Å². The van der Waals surface area contributed by atoms with E-state index in [2.05, 4.69) is 15.0 Å². The molecule has 1 saturated heterocycles. The largest absolute Gasteiger partial charge is 0.378 e. The minimum absolute atomic E-state index is 0.223. The van der Waals surface area contributed by atoms with Crippen LogP contribution in [0.3, 0.4) is 0 Å². The Kier molecular flexibility index (Phi) is 3.86. The van der Waals surface area contributed by atoms with Gasteiger partial charge in [-0.25, -0.2) is 0 Å². The van der Waals surface area contributed by atoms with Crippen molar-refractivity contribution in [3.05, 3.63) is 29.1 Å². The highest BCUT2D eigenvalue weighted by Crippen LogP contribution is 2.32. The number of hydrogen-bond acceptors (Lipinski definition) is 6. The Hall–Kier alpha value is -1.63. The lowest BCUT2D eigenvalue weighted by molar-refractivity contribution is 0.123. The average Bonchev–Trinajstić information content (AvgIpc) is 2.97. The molecular weight excluding hydrogens is 280 g/mol. The highest BCUT2D eigenvalue weighted by Gasteiger charge is 2.19. The van der Waals surface area contributed by atoms with Gasteiger partial charge < -0.3 is 19.9 Å². The molecule has 0 spiro atoms. The zero-order valence-electron chi connectivity index (χ0n) is 10.9. The van der Waals surface area contributed by atoms with Crippen LogP contribution in [0.2, 0.25) is 5.02 Å². The standard InChI is InChI=1S/C13H15ClN4O2/c14-9-1-2-11(18-3-5-19-6-4-18)10(7-9)13-16-12(8-15)20-17-13/h1-2,7H,3-6,8,15H2. The maximum atomic E-state index is 6.09. The third-order valence-electron chi connectivity index (χ3n) is 3.19. The monoisotopic (exact) mass is 294 g/mol. The molecule has 20 heavy (non-hydrogen) atoms. The van der Waals surface area contributed by atoms with Gasteiger partial charge in [-0.2, -0.15) is 4.98 Å². The van der Waals surface area contributed by atoms with Gasteiger partial charge in [-0.15, -0.1) is 0 Å². The van der Waals surface area contributed by atoms with Crippen molar-refractivity contribution in [2.45, 2.75) is 6.54 Å². The van der Waals surface area contributed by atoms with E-state index >= 15 is 0 Å². The van der Waals surface area contributed by atoms with Gasteiger partial charge in [-0.3, -0.25) is 0 Å². The average molecular weight is 295 g/mol. The van der Waals surface area contributed by atoms with Gasteiger partial charge in [0, 0.05) is 29.4 Å². The van der Waals surface area contributed by atoms with E-state index in [1.54, 1.807) is 0 Å². The van der Waals surface area contributed by atoms with Gasteiger partial charge in [-0.05, 0) is 18.2 Å². The van der Waals surface area contributed by atoms with Crippen LogP contribution in [-0.2, 0) is 11.3 Å². The number of halogens is 1. The first kappa shape index (κ1) is 13.4. The smallest absolute Gasteiger partial charge is 0.240 e. The molecule has 0 saturated carbocycles. The summed E-state index contributed by atoms with van der Waals surface area (Å²) in [5, 5.41) is 4.61. The van der Waals surface area contributed by atoms with E-state index in [1.807, 2.05) is 18.2 Å². The van der Waals surface area contributed by atoms with Gasteiger partial charge in [0.15, 0.2) is 0 Å². The Morgan fingerprint density at radius 1 is 1.30 bits per heavy atom. The van der Waals surface area contributed by atoms with Crippen molar-refractivity contribution >= 4 is 17.3 Å². The summed E-state index contributed by atoms with van der Waals surface area (Å²) < 4.78 is 10.5. The fraction of sp³-hybridized carbons (Fsp3) is 0.385. The van der Waals surface area contributed by atoms with Crippen molar-refractivity contribution < 1.29 is 9.26 Å². The molecule has 6 nitrogen and oxygen atoms in total. The molecule has 0 bridgehead atoms. The molecule has 2 N–H and O–H groups in total. The van der Waals surface area contributed by atoms with E-state index in [1.165, 1.54) is 0 Å². The molecule has 0 unspecified atom stereocenters. The summed E-state index contributed by atoms with van der Waals surface area (Å²) in [6.45, 7) is 3.30. The zero-order valence-corrected chi connectivity index (χ0v) is 11.6. The summed E-state index contributed by atoms with van der Waals surface area (Å²) in [5.41, 5.74) is 7.38. The second kappa shape index (κ2) is 5.78. The normalized spacial score (nSPS) is 15.6. The first-order valence-electron chi connectivity index (χ1n) is 6.43. The van der Waals surface area contributed by atoms with Crippen molar-refractivity contribution in [2.75, 3.05) is 31.2 Å². The second-order valence-electron chi connectivity index (χ2n) is 4.48. The molecule has 1 aromatic heterocycles. The summed E-state index contributed by atoms with van der Waals surface area (Å²) in [5.74, 6) is 0.919. The van der Waals surface area contributed by atoms with Gasteiger partial charge in [0.1, 0.15) is 0 Å². The minimum atomic E-state index is 0.223. The Bertz CT molecular complexity index is 596. The van der Waals surface area contributed by atoms with Gasteiger partial charge in [-0.1, -0.05) is 16.8 Å². The molecule has 106 valence electrons. The van der Waals surface area contributed by atoms with E-state index in [4.69, 9.17) is 26.6 Å². The Balaban J connectivity index is 2.01. The van der Waals surface area contributed by atoms with E-state index in [0.29, 0.717) is 30.0 Å². The number of nitrogens with two attached hydrogens (primary N) is 1. The summed E-state index contributed by atoms with van der Waals surface area (Å²) in [6.07, 6.45) is 0. The number of anilines is 1.